The number of carboxylic acids is 1. The number of aliphatic carboxylic acids is 1. The van der Waals surface area contributed by atoms with E-state index in [-0.39, 0.29) is 13.0 Å². The maximum Gasteiger partial charge on any atom is 0.304 e. The highest BCUT2D eigenvalue weighted by molar-refractivity contribution is 5.68. The summed E-state index contributed by atoms with van der Waals surface area (Å²) in [6, 6.07) is 9.00. The van der Waals surface area contributed by atoms with Crippen LogP contribution in [0.4, 0.5) is 20.3 Å². The summed E-state index contributed by atoms with van der Waals surface area (Å²) in [6.45, 7) is 4.60. The molecule has 1 aromatic carbocycles. The molecule has 2 atom stereocenters. The third kappa shape index (κ3) is 6.38. The van der Waals surface area contributed by atoms with Gasteiger partial charge in [-0.25, -0.2) is 13.8 Å². The molecule has 9 heteroatoms. The molecule has 0 amide bonds. The minimum Gasteiger partial charge on any atom is -0.481 e. The Morgan fingerprint density at radius 1 is 1.22 bits per heavy atom. The van der Waals surface area contributed by atoms with Crippen LogP contribution in [0, 0.1) is 5.82 Å². The van der Waals surface area contributed by atoms with Crippen molar-refractivity contribution in [1.82, 2.24) is 9.88 Å². The van der Waals surface area contributed by atoms with Gasteiger partial charge in [-0.1, -0.05) is 6.07 Å². The van der Waals surface area contributed by atoms with Crippen LogP contribution in [0.25, 0.3) is 0 Å². The van der Waals surface area contributed by atoms with Crippen LogP contribution in [-0.2, 0) is 22.4 Å². The fourth-order valence-corrected chi connectivity index (χ4v) is 5.79. The smallest absolute Gasteiger partial charge is 0.304 e. The molecule has 2 saturated heterocycles. The summed E-state index contributed by atoms with van der Waals surface area (Å²) in [4.78, 5) is 20.5. The minimum absolute atomic E-state index is 0.203. The monoisotopic (exact) mass is 514 g/mol. The molecule has 200 valence electrons. The number of rotatable bonds is 9. The molecule has 3 aliphatic heterocycles. The van der Waals surface area contributed by atoms with Crippen LogP contribution >= 0.6 is 0 Å². The van der Waals surface area contributed by atoms with E-state index in [1.165, 1.54) is 11.6 Å². The molecule has 1 unspecified atom stereocenters. The van der Waals surface area contributed by atoms with E-state index < -0.39 is 23.4 Å². The zero-order chi connectivity index (χ0) is 25.8. The number of hydrogen-bond donors (Lipinski definition) is 2. The number of morpholine rings is 1. The van der Waals surface area contributed by atoms with Crippen molar-refractivity contribution in [2.45, 2.75) is 50.1 Å². The van der Waals surface area contributed by atoms with Gasteiger partial charge in [-0.15, -0.1) is 0 Å². The lowest BCUT2D eigenvalue weighted by molar-refractivity contribution is -0.137. The van der Waals surface area contributed by atoms with Crippen molar-refractivity contribution in [2.24, 2.45) is 0 Å². The van der Waals surface area contributed by atoms with Crippen LogP contribution < -0.4 is 10.2 Å². The lowest BCUT2D eigenvalue weighted by Crippen LogP contribution is -2.36. The van der Waals surface area contributed by atoms with Gasteiger partial charge in [-0.2, -0.15) is 0 Å². The number of ether oxygens (including phenoxy) is 1. The van der Waals surface area contributed by atoms with E-state index in [9.17, 15) is 14.3 Å². The second kappa shape index (κ2) is 11.3. The van der Waals surface area contributed by atoms with Crippen LogP contribution in [0.2, 0.25) is 0 Å². The predicted molar refractivity (Wildman–Crippen MR) is 139 cm³/mol. The Labute approximate surface area is 216 Å². The molecule has 4 heterocycles. The van der Waals surface area contributed by atoms with Crippen molar-refractivity contribution in [3.8, 4) is 0 Å². The average molecular weight is 515 g/mol. The van der Waals surface area contributed by atoms with Gasteiger partial charge in [-0.3, -0.25) is 9.69 Å². The molecule has 37 heavy (non-hydrogen) atoms. The summed E-state index contributed by atoms with van der Waals surface area (Å²) in [5.74, 6) is -1.04. The first-order valence-corrected chi connectivity index (χ1v) is 13.4. The molecule has 5 rings (SSSR count). The van der Waals surface area contributed by atoms with Crippen molar-refractivity contribution in [2.75, 3.05) is 62.7 Å². The average Bonchev–Trinajstić information content (AvgIpc) is 3.28. The number of halogens is 2. The van der Waals surface area contributed by atoms with Crippen LogP contribution in [-0.4, -0.2) is 79.1 Å². The van der Waals surface area contributed by atoms with Crippen LogP contribution in [0.5, 0.6) is 0 Å². The standard InChI is InChI=1S/C28H36F2N4O3/c29-25-6-5-23(34-12-14-37-15-13-34)17-24(25)21(16-26(35)36)18-33-11-9-28(30,19-33)8-7-22-4-3-20-2-1-10-31-27(20)32-22/h3-6,17,21H,1-2,7-16,18-19H2,(H,31,32)(H,35,36)/t21?,28-/m0/s1. The molecular formula is C28H36F2N4O3. The topological polar surface area (TPSA) is 77.9 Å². The summed E-state index contributed by atoms with van der Waals surface area (Å²) in [6.07, 6.45) is 3.21. The number of benzene rings is 1. The minimum atomic E-state index is -1.37. The number of nitrogens with zero attached hydrogens (tertiary/aromatic N) is 3. The van der Waals surface area contributed by atoms with Gasteiger partial charge in [0.1, 0.15) is 17.3 Å². The molecule has 7 nitrogen and oxygen atoms in total. The number of carboxylic acid groups (broad SMARTS) is 1. The van der Waals surface area contributed by atoms with E-state index in [0.29, 0.717) is 64.2 Å². The van der Waals surface area contributed by atoms with Crippen molar-refractivity contribution in [3.05, 3.63) is 53.0 Å². The Morgan fingerprint density at radius 2 is 2.05 bits per heavy atom. The molecule has 0 aliphatic carbocycles. The first-order valence-electron chi connectivity index (χ1n) is 13.4. The first kappa shape index (κ1) is 25.9. The van der Waals surface area contributed by atoms with E-state index in [1.54, 1.807) is 12.1 Å². The third-order valence-corrected chi connectivity index (χ3v) is 7.86. The molecule has 0 bridgehead atoms. The summed E-state index contributed by atoms with van der Waals surface area (Å²) >= 11 is 0. The SMILES string of the molecule is O=C(O)CC(CN1CC[C@@](F)(CCc2ccc3c(n2)NCCC3)C1)c1cc(N2CCOCC2)ccc1F. The third-order valence-electron chi connectivity index (χ3n) is 7.86. The number of hydrogen-bond acceptors (Lipinski definition) is 6. The maximum atomic E-state index is 15.8. The van der Waals surface area contributed by atoms with Gasteiger partial charge in [-0.05, 0) is 67.5 Å². The Bertz CT molecular complexity index is 1110. The molecule has 0 radical (unpaired) electrons. The van der Waals surface area contributed by atoms with Gasteiger partial charge in [0.25, 0.3) is 0 Å². The van der Waals surface area contributed by atoms with E-state index in [1.807, 2.05) is 11.0 Å². The number of aromatic nitrogens is 1. The first-order chi connectivity index (χ1) is 17.9. The second-order valence-electron chi connectivity index (χ2n) is 10.6. The lowest BCUT2D eigenvalue weighted by Gasteiger charge is -2.30. The second-order valence-corrected chi connectivity index (χ2v) is 10.6. The Kier molecular flexibility index (Phi) is 7.90. The van der Waals surface area contributed by atoms with Crippen LogP contribution in [0.15, 0.2) is 30.3 Å². The maximum absolute atomic E-state index is 15.8. The van der Waals surface area contributed by atoms with E-state index in [0.717, 1.165) is 36.6 Å². The van der Waals surface area contributed by atoms with Gasteiger partial charge in [0.15, 0.2) is 0 Å². The van der Waals surface area contributed by atoms with E-state index in [2.05, 4.69) is 16.3 Å². The summed E-state index contributed by atoms with van der Waals surface area (Å²) in [7, 11) is 0. The number of pyridine rings is 1. The van der Waals surface area contributed by atoms with Crippen molar-refractivity contribution >= 4 is 17.5 Å². The lowest BCUT2D eigenvalue weighted by atomic mass is 9.93. The fourth-order valence-electron chi connectivity index (χ4n) is 5.79. The molecule has 2 aromatic rings. The highest BCUT2D eigenvalue weighted by atomic mass is 19.1. The number of anilines is 2. The fraction of sp³-hybridized carbons (Fsp3) is 0.571. The Hall–Kier alpha value is -2.78. The number of carbonyl (C=O) groups is 1. The van der Waals surface area contributed by atoms with Gasteiger partial charge in [0, 0.05) is 56.6 Å². The van der Waals surface area contributed by atoms with E-state index >= 15 is 4.39 Å². The van der Waals surface area contributed by atoms with Crippen molar-refractivity contribution < 1.29 is 23.4 Å². The Balaban J connectivity index is 1.24. The number of likely N-dealkylation sites (tertiary alicyclic amines) is 1. The molecule has 2 fully saturated rings. The van der Waals surface area contributed by atoms with Gasteiger partial charge >= 0.3 is 5.97 Å². The van der Waals surface area contributed by atoms with Crippen molar-refractivity contribution in [3.63, 3.8) is 0 Å². The quantitative estimate of drug-likeness (QED) is 0.523. The summed E-state index contributed by atoms with van der Waals surface area (Å²) < 4.78 is 36.2. The molecule has 0 spiro atoms. The predicted octanol–water partition coefficient (Wildman–Crippen LogP) is 4.02. The number of fused-ring (bicyclic) bond motifs is 1. The molecule has 2 N–H and O–H groups in total. The normalized spacial score (nSPS) is 22.9. The van der Waals surface area contributed by atoms with Gasteiger partial charge in [0.05, 0.1) is 19.6 Å². The van der Waals surface area contributed by atoms with Crippen LogP contribution in [0.1, 0.15) is 48.4 Å². The van der Waals surface area contributed by atoms with Crippen LogP contribution in [0.3, 0.4) is 0 Å². The van der Waals surface area contributed by atoms with Gasteiger partial charge in [0.2, 0.25) is 0 Å². The molecule has 3 aliphatic rings. The summed E-state index contributed by atoms with van der Waals surface area (Å²) in [5.41, 5.74) is 1.98. The number of nitrogens with one attached hydrogen (secondary N) is 1. The molecule has 0 saturated carbocycles. The highest BCUT2D eigenvalue weighted by Crippen LogP contribution is 2.34. The molecular weight excluding hydrogens is 478 g/mol. The number of alkyl halides is 1. The number of aryl methyl sites for hydroxylation is 2. The summed E-state index contributed by atoms with van der Waals surface area (Å²) in [5, 5.41) is 12.9. The van der Waals surface area contributed by atoms with Crippen molar-refractivity contribution in [1.29, 1.82) is 0 Å². The highest BCUT2D eigenvalue weighted by Gasteiger charge is 2.39. The molecule has 1 aromatic heterocycles. The zero-order valence-corrected chi connectivity index (χ0v) is 21.2. The Morgan fingerprint density at radius 3 is 2.86 bits per heavy atom. The van der Waals surface area contributed by atoms with Gasteiger partial charge < -0.3 is 20.1 Å². The zero-order valence-electron chi connectivity index (χ0n) is 21.2. The van der Waals surface area contributed by atoms with E-state index in [4.69, 9.17) is 9.72 Å². The largest absolute Gasteiger partial charge is 0.481 e.